The van der Waals surface area contributed by atoms with Crippen LogP contribution in [0.3, 0.4) is 0 Å². The third kappa shape index (κ3) is 3.14. The molecule has 0 saturated heterocycles. The predicted molar refractivity (Wildman–Crippen MR) is 156 cm³/mol. The fraction of sp³-hybridized carbons (Fsp3) is 0.343. The Morgan fingerprint density at radius 3 is 2.03 bits per heavy atom. The number of furan rings is 1. The van der Waals surface area contributed by atoms with E-state index in [1.807, 2.05) is 6.20 Å². The van der Waals surface area contributed by atoms with Gasteiger partial charge < -0.3 is 4.42 Å². The molecule has 0 spiro atoms. The number of fused-ring (bicyclic) bond motifs is 7. The predicted octanol–water partition coefficient (Wildman–Crippen LogP) is 9.97. The summed E-state index contributed by atoms with van der Waals surface area (Å²) in [5.41, 5.74) is 13.2. The van der Waals surface area contributed by atoms with Crippen LogP contribution in [0.5, 0.6) is 0 Å². The van der Waals surface area contributed by atoms with Gasteiger partial charge in [-0.3, -0.25) is 4.98 Å². The Balaban J connectivity index is 1.72. The molecule has 1 aliphatic carbocycles. The first kappa shape index (κ1) is 24.0. The largest absolute Gasteiger partial charge is 0.455 e. The number of benzene rings is 3. The van der Waals surface area contributed by atoms with Crippen LogP contribution < -0.4 is 0 Å². The van der Waals surface area contributed by atoms with Crippen LogP contribution in [0.2, 0.25) is 0 Å². The van der Waals surface area contributed by atoms with Gasteiger partial charge in [0.2, 0.25) is 0 Å². The summed E-state index contributed by atoms with van der Waals surface area (Å²) >= 11 is 0. The number of hydrogen-bond acceptors (Lipinski definition) is 2. The molecule has 2 nitrogen and oxygen atoms in total. The summed E-state index contributed by atoms with van der Waals surface area (Å²) in [4.78, 5) is 4.89. The van der Waals surface area contributed by atoms with Crippen LogP contribution in [0.15, 0.2) is 65.2 Å². The maximum atomic E-state index is 6.96. The standard InChI is InChI=1S/C35H37NO/c1-19(2)27-17-30(36-18-23(27)8)31-22(7)13-14-24-25-15-16-29-32(34(25)37-33(24)31)26-11-9-10-12-28(26)35(29,20(3)4)21(5)6/h9-21H,1-8H3. The minimum atomic E-state index is -0.0392. The molecule has 0 atom stereocenters. The highest BCUT2D eigenvalue weighted by Gasteiger charge is 2.48. The summed E-state index contributed by atoms with van der Waals surface area (Å²) in [6.45, 7) is 18.3. The van der Waals surface area contributed by atoms with Crippen LogP contribution >= 0.6 is 0 Å². The molecule has 0 aliphatic heterocycles. The quantitative estimate of drug-likeness (QED) is 0.252. The fourth-order valence-corrected chi connectivity index (χ4v) is 7.35. The molecule has 0 bridgehead atoms. The number of pyridine rings is 1. The summed E-state index contributed by atoms with van der Waals surface area (Å²) < 4.78 is 6.96. The molecule has 2 heteroatoms. The molecule has 188 valence electrons. The van der Waals surface area contributed by atoms with Crippen LogP contribution in [0, 0.1) is 25.7 Å². The Morgan fingerprint density at radius 1 is 0.703 bits per heavy atom. The van der Waals surface area contributed by atoms with E-state index < -0.39 is 0 Å². The van der Waals surface area contributed by atoms with Crippen molar-refractivity contribution in [1.29, 1.82) is 0 Å². The van der Waals surface area contributed by atoms with E-state index in [-0.39, 0.29) is 5.41 Å². The van der Waals surface area contributed by atoms with Crippen molar-refractivity contribution in [2.45, 2.75) is 66.7 Å². The molecule has 0 N–H and O–H groups in total. The second-order valence-corrected chi connectivity index (χ2v) is 11.9. The van der Waals surface area contributed by atoms with E-state index in [1.165, 1.54) is 44.3 Å². The maximum Gasteiger partial charge on any atom is 0.145 e. The zero-order valence-electron chi connectivity index (χ0n) is 23.4. The van der Waals surface area contributed by atoms with Crippen molar-refractivity contribution >= 4 is 21.9 Å². The van der Waals surface area contributed by atoms with Gasteiger partial charge in [0.15, 0.2) is 0 Å². The first-order chi connectivity index (χ1) is 17.7. The van der Waals surface area contributed by atoms with Gasteiger partial charge in [-0.25, -0.2) is 0 Å². The third-order valence-electron chi connectivity index (χ3n) is 8.95. The Bertz CT molecular complexity index is 1670. The molecular formula is C35H37NO. The first-order valence-electron chi connectivity index (χ1n) is 13.7. The van der Waals surface area contributed by atoms with Gasteiger partial charge in [0, 0.05) is 33.5 Å². The Kier molecular flexibility index (Phi) is 5.39. The van der Waals surface area contributed by atoms with E-state index in [0.29, 0.717) is 17.8 Å². The van der Waals surface area contributed by atoms with E-state index in [4.69, 9.17) is 9.40 Å². The van der Waals surface area contributed by atoms with Crippen LogP contribution in [-0.2, 0) is 5.41 Å². The molecule has 5 aromatic rings. The van der Waals surface area contributed by atoms with Crippen molar-refractivity contribution in [3.05, 3.63) is 88.6 Å². The van der Waals surface area contributed by atoms with Crippen molar-refractivity contribution in [3.63, 3.8) is 0 Å². The van der Waals surface area contributed by atoms with E-state index in [0.717, 1.165) is 27.8 Å². The van der Waals surface area contributed by atoms with Gasteiger partial charge in [0.05, 0.1) is 5.69 Å². The van der Waals surface area contributed by atoms with E-state index >= 15 is 0 Å². The van der Waals surface area contributed by atoms with Crippen molar-refractivity contribution in [1.82, 2.24) is 4.98 Å². The van der Waals surface area contributed by atoms with E-state index in [9.17, 15) is 0 Å². The van der Waals surface area contributed by atoms with Crippen molar-refractivity contribution < 1.29 is 4.42 Å². The molecule has 0 amide bonds. The zero-order chi connectivity index (χ0) is 26.2. The lowest BCUT2D eigenvalue weighted by molar-refractivity contribution is 0.280. The van der Waals surface area contributed by atoms with Crippen molar-refractivity contribution in [2.75, 3.05) is 0 Å². The highest BCUT2D eigenvalue weighted by molar-refractivity contribution is 6.15. The molecule has 37 heavy (non-hydrogen) atoms. The van der Waals surface area contributed by atoms with Gasteiger partial charge in [-0.2, -0.15) is 0 Å². The van der Waals surface area contributed by atoms with Crippen LogP contribution in [-0.4, -0.2) is 4.98 Å². The van der Waals surface area contributed by atoms with Gasteiger partial charge >= 0.3 is 0 Å². The number of rotatable bonds is 4. The number of aromatic nitrogens is 1. The monoisotopic (exact) mass is 487 g/mol. The molecule has 6 rings (SSSR count). The lowest BCUT2D eigenvalue weighted by Crippen LogP contribution is -2.37. The van der Waals surface area contributed by atoms with Crippen LogP contribution in [0.1, 0.15) is 75.3 Å². The van der Waals surface area contributed by atoms with Gasteiger partial charge in [0.1, 0.15) is 11.2 Å². The second kappa shape index (κ2) is 8.31. The number of aryl methyl sites for hydroxylation is 2. The normalized spacial score (nSPS) is 14.4. The highest BCUT2D eigenvalue weighted by atomic mass is 16.3. The number of nitrogens with zero attached hydrogens (tertiary/aromatic N) is 1. The first-order valence-corrected chi connectivity index (χ1v) is 13.7. The van der Waals surface area contributed by atoms with Gasteiger partial charge in [-0.05, 0) is 71.0 Å². The van der Waals surface area contributed by atoms with Gasteiger partial charge in [-0.15, -0.1) is 0 Å². The SMILES string of the molecule is Cc1cnc(-c2c(C)ccc3c2oc2c4c(ccc23)C(C(C)C)(C(C)C)c2ccccc2-4)cc1C(C)C. The van der Waals surface area contributed by atoms with Crippen molar-refractivity contribution in [2.24, 2.45) is 11.8 Å². The molecule has 0 unspecified atom stereocenters. The smallest absolute Gasteiger partial charge is 0.145 e. The minimum absolute atomic E-state index is 0.0392. The molecule has 1 aliphatic rings. The molecule has 0 radical (unpaired) electrons. The molecule has 0 fully saturated rings. The Labute approximate surface area is 220 Å². The summed E-state index contributed by atoms with van der Waals surface area (Å²) in [7, 11) is 0. The fourth-order valence-electron chi connectivity index (χ4n) is 7.35. The second-order valence-electron chi connectivity index (χ2n) is 11.9. The summed E-state index contributed by atoms with van der Waals surface area (Å²) in [5, 5.41) is 2.35. The van der Waals surface area contributed by atoms with Gasteiger partial charge in [-0.1, -0.05) is 90.1 Å². The topological polar surface area (TPSA) is 26.0 Å². The van der Waals surface area contributed by atoms with E-state index in [1.54, 1.807) is 0 Å². The average Bonchev–Trinajstić information content (AvgIpc) is 3.38. The lowest BCUT2D eigenvalue weighted by Gasteiger charge is -2.40. The highest BCUT2D eigenvalue weighted by Crippen LogP contribution is 2.58. The van der Waals surface area contributed by atoms with Crippen molar-refractivity contribution in [3.8, 4) is 22.4 Å². The summed E-state index contributed by atoms with van der Waals surface area (Å²) in [6, 6.07) is 20.4. The van der Waals surface area contributed by atoms with Crippen LogP contribution in [0.25, 0.3) is 44.3 Å². The molecule has 3 aromatic carbocycles. The Morgan fingerprint density at radius 2 is 1.35 bits per heavy atom. The molecule has 2 heterocycles. The minimum Gasteiger partial charge on any atom is -0.455 e. The Hall–Kier alpha value is -3.39. The molecule has 2 aromatic heterocycles. The molecule has 0 saturated carbocycles. The number of hydrogen-bond donors (Lipinski definition) is 0. The third-order valence-corrected chi connectivity index (χ3v) is 8.95. The average molecular weight is 488 g/mol. The van der Waals surface area contributed by atoms with Crippen LogP contribution in [0.4, 0.5) is 0 Å². The van der Waals surface area contributed by atoms with Gasteiger partial charge in [0.25, 0.3) is 0 Å². The zero-order valence-corrected chi connectivity index (χ0v) is 23.4. The summed E-state index contributed by atoms with van der Waals surface area (Å²) in [6.07, 6.45) is 2.01. The summed E-state index contributed by atoms with van der Waals surface area (Å²) in [5.74, 6) is 1.36. The maximum absolute atomic E-state index is 6.96. The lowest BCUT2D eigenvalue weighted by atomic mass is 9.63. The molecular weight excluding hydrogens is 450 g/mol. The van der Waals surface area contributed by atoms with E-state index in [2.05, 4.69) is 110 Å².